The molecule has 0 radical (unpaired) electrons. The lowest BCUT2D eigenvalue weighted by atomic mass is 10.0. The molecule has 106 valence electrons. The predicted octanol–water partition coefficient (Wildman–Crippen LogP) is 2.98. The van der Waals surface area contributed by atoms with Crippen LogP contribution >= 0.6 is 0 Å². The molecule has 1 aromatic rings. The topological polar surface area (TPSA) is 21.7 Å². The van der Waals surface area contributed by atoms with Gasteiger partial charge in [0, 0.05) is 6.54 Å². The second-order valence-corrected chi connectivity index (χ2v) is 5.51. The minimum Gasteiger partial charge on any atom is -0.493 e. The molecule has 1 atom stereocenters. The Kier molecular flexibility index (Phi) is 5.08. The summed E-state index contributed by atoms with van der Waals surface area (Å²) in [7, 11) is 3.36. The first-order valence-electron chi connectivity index (χ1n) is 7.16. The van der Waals surface area contributed by atoms with Crippen LogP contribution in [0.1, 0.15) is 25.3 Å². The normalized spacial score (nSPS) is 17.4. The van der Waals surface area contributed by atoms with Crippen LogP contribution in [-0.2, 0) is 6.42 Å². The van der Waals surface area contributed by atoms with E-state index in [1.165, 1.54) is 38.0 Å². The zero-order valence-electron chi connectivity index (χ0n) is 12.3. The van der Waals surface area contributed by atoms with Crippen LogP contribution < -0.4 is 9.47 Å². The van der Waals surface area contributed by atoms with E-state index in [1.54, 1.807) is 14.2 Å². The zero-order chi connectivity index (χ0) is 13.7. The number of hydrogen-bond donors (Lipinski definition) is 0. The second-order valence-electron chi connectivity index (χ2n) is 5.51. The summed E-state index contributed by atoms with van der Waals surface area (Å²) in [6.07, 6.45) is 3.82. The number of methoxy groups -OCH3 is 2. The molecule has 1 unspecified atom stereocenters. The van der Waals surface area contributed by atoms with Gasteiger partial charge >= 0.3 is 0 Å². The highest BCUT2D eigenvalue weighted by atomic mass is 16.5. The molecule has 1 aliphatic rings. The van der Waals surface area contributed by atoms with Crippen molar-refractivity contribution in [2.24, 2.45) is 5.92 Å². The van der Waals surface area contributed by atoms with Crippen LogP contribution in [0.25, 0.3) is 0 Å². The predicted molar refractivity (Wildman–Crippen MR) is 78.1 cm³/mol. The molecule has 1 fully saturated rings. The van der Waals surface area contributed by atoms with E-state index in [9.17, 15) is 0 Å². The van der Waals surface area contributed by atoms with Crippen LogP contribution in [0.15, 0.2) is 18.2 Å². The van der Waals surface area contributed by atoms with Gasteiger partial charge < -0.3 is 14.4 Å². The summed E-state index contributed by atoms with van der Waals surface area (Å²) in [6, 6.07) is 6.23. The van der Waals surface area contributed by atoms with E-state index < -0.39 is 0 Å². The molecular weight excluding hydrogens is 238 g/mol. The molecule has 0 bridgehead atoms. The van der Waals surface area contributed by atoms with Crippen molar-refractivity contribution in [1.29, 1.82) is 0 Å². The third-order valence-corrected chi connectivity index (χ3v) is 3.80. The van der Waals surface area contributed by atoms with Gasteiger partial charge in [-0.25, -0.2) is 0 Å². The van der Waals surface area contributed by atoms with Crippen molar-refractivity contribution in [2.45, 2.75) is 26.2 Å². The smallest absolute Gasteiger partial charge is 0.160 e. The van der Waals surface area contributed by atoms with Crippen molar-refractivity contribution in [3.8, 4) is 11.5 Å². The quantitative estimate of drug-likeness (QED) is 0.787. The molecular formula is C16H25NO2. The molecule has 1 saturated heterocycles. The molecule has 1 aliphatic heterocycles. The van der Waals surface area contributed by atoms with Crippen molar-refractivity contribution < 1.29 is 9.47 Å². The first kappa shape index (κ1) is 14.2. The fourth-order valence-corrected chi connectivity index (χ4v) is 2.88. The summed E-state index contributed by atoms with van der Waals surface area (Å²) in [6.45, 7) is 6.08. The Morgan fingerprint density at radius 3 is 2.42 bits per heavy atom. The maximum absolute atomic E-state index is 5.36. The highest BCUT2D eigenvalue weighted by Crippen LogP contribution is 2.28. The fraction of sp³-hybridized carbons (Fsp3) is 0.625. The number of ether oxygens (including phenoxy) is 2. The Balaban J connectivity index is 1.94. The SMILES string of the molecule is COc1ccc(CC(C)CN2CCCC2)cc1OC. The molecule has 0 N–H and O–H groups in total. The van der Waals surface area contributed by atoms with Crippen molar-refractivity contribution in [3.63, 3.8) is 0 Å². The van der Waals surface area contributed by atoms with Gasteiger partial charge in [-0.3, -0.25) is 0 Å². The second kappa shape index (κ2) is 6.80. The average Bonchev–Trinajstić information content (AvgIpc) is 2.91. The lowest BCUT2D eigenvalue weighted by molar-refractivity contribution is 0.287. The Morgan fingerprint density at radius 2 is 1.79 bits per heavy atom. The summed E-state index contributed by atoms with van der Waals surface area (Å²) in [5.74, 6) is 2.31. The Labute approximate surface area is 116 Å². The van der Waals surface area contributed by atoms with E-state index >= 15 is 0 Å². The minimum atomic E-state index is 0.677. The van der Waals surface area contributed by atoms with E-state index in [-0.39, 0.29) is 0 Å². The third-order valence-electron chi connectivity index (χ3n) is 3.80. The Morgan fingerprint density at radius 1 is 1.11 bits per heavy atom. The Hall–Kier alpha value is -1.22. The van der Waals surface area contributed by atoms with Crippen LogP contribution in [0, 0.1) is 5.92 Å². The monoisotopic (exact) mass is 263 g/mol. The van der Waals surface area contributed by atoms with Crippen molar-refractivity contribution in [2.75, 3.05) is 33.9 Å². The van der Waals surface area contributed by atoms with Gasteiger partial charge in [-0.2, -0.15) is 0 Å². The molecule has 19 heavy (non-hydrogen) atoms. The van der Waals surface area contributed by atoms with E-state index in [0.29, 0.717) is 5.92 Å². The third kappa shape index (κ3) is 3.87. The van der Waals surface area contributed by atoms with E-state index in [0.717, 1.165) is 17.9 Å². The van der Waals surface area contributed by atoms with E-state index in [4.69, 9.17) is 9.47 Å². The number of hydrogen-bond acceptors (Lipinski definition) is 3. The highest BCUT2D eigenvalue weighted by molar-refractivity contribution is 5.42. The average molecular weight is 263 g/mol. The van der Waals surface area contributed by atoms with Gasteiger partial charge in [0.25, 0.3) is 0 Å². The molecule has 2 rings (SSSR count). The molecule has 0 aromatic heterocycles. The van der Waals surface area contributed by atoms with Gasteiger partial charge in [0.15, 0.2) is 11.5 Å². The van der Waals surface area contributed by atoms with E-state index in [2.05, 4.69) is 24.0 Å². The summed E-state index contributed by atoms with van der Waals surface area (Å²) < 4.78 is 10.6. The molecule has 0 aliphatic carbocycles. The summed E-state index contributed by atoms with van der Waals surface area (Å²) >= 11 is 0. The maximum Gasteiger partial charge on any atom is 0.160 e. The molecule has 3 heteroatoms. The van der Waals surface area contributed by atoms with Gasteiger partial charge in [-0.05, 0) is 56.0 Å². The summed E-state index contributed by atoms with van der Waals surface area (Å²) in [5, 5.41) is 0. The zero-order valence-corrected chi connectivity index (χ0v) is 12.3. The lowest BCUT2D eigenvalue weighted by Crippen LogP contribution is -2.26. The first-order valence-corrected chi connectivity index (χ1v) is 7.16. The summed E-state index contributed by atoms with van der Waals surface area (Å²) in [5.41, 5.74) is 1.32. The standard InChI is InChI=1S/C16H25NO2/c1-13(12-17-8-4-5-9-17)10-14-6-7-15(18-2)16(11-14)19-3/h6-7,11,13H,4-5,8-10,12H2,1-3H3. The van der Waals surface area contributed by atoms with Crippen molar-refractivity contribution in [3.05, 3.63) is 23.8 Å². The molecule has 1 heterocycles. The van der Waals surface area contributed by atoms with E-state index in [1.807, 2.05) is 6.07 Å². The van der Waals surface area contributed by atoms with Crippen LogP contribution in [-0.4, -0.2) is 38.8 Å². The van der Waals surface area contributed by atoms with Crippen LogP contribution in [0.4, 0.5) is 0 Å². The molecule has 0 saturated carbocycles. The van der Waals surface area contributed by atoms with Crippen LogP contribution in [0.5, 0.6) is 11.5 Å². The van der Waals surface area contributed by atoms with Gasteiger partial charge in [0.05, 0.1) is 14.2 Å². The van der Waals surface area contributed by atoms with Gasteiger partial charge in [0.2, 0.25) is 0 Å². The first-order chi connectivity index (χ1) is 9.22. The van der Waals surface area contributed by atoms with Crippen LogP contribution in [0.3, 0.4) is 0 Å². The number of rotatable bonds is 6. The van der Waals surface area contributed by atoms with Gasteiger partial charge in [-0.1, -0.05) is 13.0 Å². The molecule has 3 nitrogen and oxygen atoms in total. The van der Waals surface area contributed by atoms with Crippen LogP contribution in [0.2, 0.25) is 0 Å². The van der Waals surface area contributed by atoms with Crippen molar-refractivity contribution in [1.82, 2.24) is 4.90 Å². The number of nitrogens with zero attached hydrogens (tertiary/aromatic N) is 1. The maximum atomic E-state index is 5.36. The largest absolute Gasteiger partial charge is 0.493 e. The van der Waals surface area contributed by atoms with Gasteiger partial charge in [0.1, 0.15) is 0 Å². The minimum absolute atomic E-state index is 0.677. The molecule has 0 amide bonds. The fourth-order valence-electron chi connectivity index (χ4n) is 2.88. The lowest BCUT2D eigenvalue weighted by Gasteiger charge is -2.20. The van der Waals surface area contributed by atoms with Crippen molar-refractivity contribution >= 4 is 0 Å². The number of benzene rings is 1. The molecule has 0 spiro atoms. The molecule has 1 aromatic carbocycles. The Bertz CT molecular complexity index is 400. The summed E-state index contributed by atoms with van der Waals surface area (Å²) in [4.78, 5) is 2.57. The van der Waals surface area contributed by atoms with Gasteiger partial charge in [-0.15, -0.1) is 0 Å². The highest BCUT2D eigenvalue weighted by Gasteiger charge is 2.15. The number of likely N-dealkylation sites (tertiary alicyclic amines) is 1.